The Morgan fingerprint density at radius 1 is 1.25 bits per heavy atom. The van der Waals surface area contributed by atoms with Crippen molar-refractivity contribution in [2.75, 3.05) is 5.32 Å². The second-order valence-corrected chi connectivity index (χ2v) is 4.91. The molecule has 0 saturated carbocycles. The number of amides is 2. The third kappa shape index (κ3) is 3.38. The van der Waals surface area contributed by atoms with Crippen LogP contribution in [0.5, 0.6) is 0 Å². The molecule has 0 spiro atoms. The number of urea groups is 1. The Balaban J connectivity index is 2.05. The van der Waals surface area contributed by atoms with Crippen LogP contribution in [-0.2, 0) is 4.79 Å². The Hall–Kier alpha value is -2.30. The van der Waals surface area contributed by atoms with Crippen LogP contribution in [0.4, 0.5) is 10.5 Å². The van der Waals surface area contributed by atoms with Crippen LogP contribution in [0.3, 0.4) is 0 Å². The van der Waals surface area contributed by atoms with Gasteiger partial charge in [0, 0.05) is 16.5 Å². The summed E-state index contributed by atoms with van der Waals surface area (Å²) in [5.74, 6) is 1.63. The van der Waals surface area contributed by atoms with Crippen molar-refractivity contribution in [3.8, 4) is 0 Å². The molecule has 0 bridgehead atoms. The molecule has 0 radical (unpaired) electrons. The molecule has 0 heterocycles. The van der Waals surface area contributed by atoms with Gasteiger partial charge in [0.05, 0.1) is 11.4 Å². The van der Waals surface area contributed by atoms with Gasteiger partial charge < -0.3 is 15.7 Å². The maximum absolute atomic E-state index is 11.8. The summed E-state index contributed by atoms with van der Waals surface area (Å²) in [6, 6.07) is 6.68. The monoisotopic (exact) mass is 334 g/mol. The van der Waals surface area contributed by atoms with Crippen molar-refractivity contribution in [2.45, 2.75) is 6.42 Å². The molecule has 0 unspecified atom stereocenters. The van der Waals surface area contributed by atoms with Gasteiger partial charge in [0.1, 0.15) is 11.7 Å². The number of halogens is 1. The highest BCUT2D eigenvalue weighted by Gasteiger charge is 2.14. The molecule has 2 rings (SSSR count). The van der Waals surface area contributed by atoms with Gasteiger partial charge in [-0.25, -0.2) is 9.59 Å². The van der Waals surface area contributed by atoms with E-state index in [1.165, 1.54) is 12.2 Å². The van der Waals surface area contributed by atoms with E-state index in [2.05, 4.69) is 26.6 Å². The molecule has 1 aliphatic rings. The van der Waals surface area contributed by atoms with Crippen molar-refractivity contribution < 1.29 is 14.7 Å². The fraction of sp³-hybridized carbons (Fsp3) is 0.0714. The van der Waals surface area contributed by atoms with E-state index in [0.29, 0.717) is 11.3 Å². The van der Waals surface area contributed by atoms with Gasteiger partial charge in [0.15, 0.2) is 0 Å². The van der Waals surface area contributed by atoms with E-state index in [9.17, 15) is 14.7 Å². The van der Waals surface area contributed by atoms with Crippen molar-refractivity contribution >= 4 is 33.6 Å². The van der Waals surface area contributed by atoms with Gasteiger partial charge in [-0.05, 0) is 40.2 Å². The number of para-hydroxylation sites is 1. The molecule has 2 amide bonds. The minimum absolute atomic E-state index is 0.0602. The van der Waals surface area contributed by atoms with Crippen molar-refractivity contribution in [2.24, 2.45) is 0 Å². The van der Waals surface area contributed by atoms with Crippen LogP contribution in [0.1, 0.15) is 6.42 Å². The Morgan fingerprint density at radius 3 is 2.65 bits per heavy atom. The van der Waals surface area contributed by atoms with Crippen molar-refractivity contribution in [1.29, 1.82) is 0 Å². The molecule has 0 aromatic heterocycles. The highest BCUT2D eigenvalue weighted by Crippen LogP contribution is 2.21. The Bertz CT molecular complexity index is 658. The third-order valence-corrected chi connectivity index (χ3v) is 3.31. The zero-order valence-electron chi connectivity index (χ0n) is 10.3. The first-order valence-electron chi connectivity index (χ1n) is 5.77. The molecule has 5 nitrogen and oxygen atoms in total. The third-order valence-electron chi connectivity index (χ3n) is 2.62. The Kier molecular flexibility index (Phi) is 4.40. The molecule has 6 heteroatoms. The number of allylic oxidation sites excluding steroid dienone is 3. The van der Waals surface area contributed by atoms with Crippen LogP contribution in [-0.4, -0.2) is 17.1 Å². The van der Waals surface area contributed by atoms with E-state index in [-0.39, 0.29) is 17.9 Å². The molecule has 20 heavy (non-hydrogen) atoms. The predicted molar refractivity (Wildman–Crippen MR) is 78.9 cm³/mol. The van der Waals surface area contributed by atoms with Crippen molar-refractivity contribution in [1.82, 2.24) is 5.32 Å². The molecule has 3 N–H and O–H groups in total. The first-order chi connectivity index (χ1) is 9.60. The maximum atomic E-state index is 11.8. The van der Waals surface area contributed by atoms with E-state index in [1.807, 2.05) is 6.07 Å². The first kappa shape index (κ1) is 14.1. The van der Waals surface area contributed by atoms with Gasteiger partial charge >= 0.3 is 6.03 Å². The normalized spacial score (nSPS) is 13.9. The predicted octanol–water partition coefficient (Wildman–Crippen LogP) is 3.06. The van der Waals surface area contributed by atoms with Crippen LogP contribution in [0.25, 0.3) is 0 Å². The Morgan fingerprint density at radius 2 is 2.00 bits per heavy atom. The lowest BCUT2D eigenvalue weighted by atomic mass is 10.1. The summed E-state index contributed by atoms with van der Waals surface area (Å²) in [6.07, 6.45) is 3.02. The molecular weight excluding hydrogens is 324 g/mol. The molecule has 1 aliphatic carbocycles. The number of benzene rings is 1. The zero-order valence-corrected chi connectivity index (χ0v) is 11.9. The second kappa shape index (κ2) is 6.23. The SMILES string of the molecule is O=C=C1C=CC(NC(=O)Nc2ccccc2Br)=C(O)C1. The summed E-state index contributed by atoms with van der Waals surface area (Å²) in [5, 5.41) is 14.9. The number of carbonyl (C=O) groups is 1. The number of hydrogen-bond donors (Lipinski definition) is 3. The Labute approximate surface area is 123 Å². The van der Waals surface area contributed by atoms with Crippen molar-refractivity contribution in [3.63, 3.8) is 0 Å². The summed E-state index contributed by atoms with van der Waals surface area (Å²) in [4.78, 5) is 22.3. The van der Waals surface area contributed by atoms with Crippen LogP contribution >= 0.6 is 15.9 Å². The highest BCUT2D eigenvalue weighted by atomic mass is 79.9. The highest BCUT2D eigenvalue weighted by molar-refractivity contribution is 9.10. The smallest absolute Gasteiger partial charge is 0.323 e. The van der Waals surface area contributed by atoms with Crippen molar-refractivity contribution in [3.05, 3.63) is 57.9 Å². The van der Waals surface area contributed by atoms with E-state index in [4.69, 9.17) is 0 Å². The number of hydrogen-bond acceptors (Lipinski definition) is 3. The van der Waals surface area contributed by atoms with E-state index in [0.717, 1.165) is 4.47 Å². The van der Waals surface area contributed by atoms with Gasteiger partial charge in [-0.3, -0.25) is 0 Å². The summed E-state index contributed by atoms with van der Waals surface area (Å²) >= 11 is 3.31. The number of aliphatic hydroxyl groups is 1. The fourth-order valence-electron chi connectivity index (χ4n) is 1.64. The minimum atomic E-state index is -0.485. The standard InChI is InChI=1S/C14H11BrN2O3/c15-10-3-1-2-4-11(10)16-14(20)17-12-6-5-9(8-18)7-13(12)19/h1-6,19H,7H2,(H2,16,17,20). The topological polar surface area (TPSA) is 78.4 Å². The molecule has 0 aliphatic heterocycles. The summed E-state index contributed by atoms with van der Waals surface area (Å²) < 4.78 is 0.749. The molecule has 102 valence electrons. The number of aliphatic hydroxyl groups excluding tert-OH is 1. The average Bonchev–Trinajstić information content (AvgIpc) is 2.43. The van der Waals surface area contributed by atoms with Crippen LogP contribution < -0.4 is 10.6 Å². The van der Waals surface area contributed by atoms with E-state index >= 15 is 0 Å². The number of carbonyl (C=O) groups excluding carboxylic acids is 2. The van der Waals surface area contributed by atoms with Gasteiger partial charge in [-0.2, -0.15) is 0 Å². The van der Waals surface area contributed by atoms with E-state index < -0.39 is 6.03 Å². The van der Waals surface area contributed by atoms with Gasteiger partial charge in [0.2, 0.25) is 0 Å². The number of rotatable bonds is 2. The molecule has 0 fully saturated rings. The minimum Gasteiger partial charge on any atom is -0.510 e. The van der Waals surface area contributed by atoms with Gasteiger partial charge in [-0.15, -0.1) is 0 Å². The molecule has 1 aromatic carbocycles. The molecule has 0 saturated heterocycles. The van der Waals surface area contributed by atoms with Gasteiger partial charge in [0.25, 0.3) is 0 Å². The molecule has 0 atom stereocenters. The van der Waals surface area contributed by atoms with Crippen LogP contribution in [0.15, 0.2) is 57.9 Å². The largest absolute Gasteiger partial charge is 0.510 e. The summed E-state index contributed by atoms with van der Waals surface area (Å²) in [6.45, 7) is 0. The fourth-order valence-corrected chi connectivity index (χ4v) is 2.02. The first-order valence-corrected chi connectivity index (χ1v) is 6.56. The second-order valence-electron chi connectivity index (χ2n) is 4.06. The van der Waals surface area contributed by atoms with E-state index in [1.54, 1.807) is 24.1 Å². The lowest BCUT2D eigenvalue weighted by Crippen LogP contribution is -2.29. The number of anilines is 1. The van der Waals surface area contributed by atoms with Crippen LogP contribution in [0, 0.1) is 0 Å². The quantitative estimate of drug-likeness (QED) is 0.727. The number of nitrogens with one attached hydrogen (secondary N) is 2. The van der Waals surface area contributed by atoms with Crippen LogP contribution in [0.2, 0.25) is 0 Å². The molecular formula is C14H11BrN2O3. The summed E-state index contributed by atoms with van der Waals surface area (Å²) in [5.41, 5.74) is 1.20. The molecule has 1 aromatic rings. The van der Waals surface area contributed by atoms with Gasteiger partial charge in [-0.1, -0.05) is 12.1 Å². The lowest BCUT2D eigenvalue weighted by Gasteiger charge is -2.14. The average molecular weight is 335 g/mol. The zero-order chi connectivity index (χ0) is 14.5. The maximum Gasteiger partial charge on any atom is 0.323 e. The summed E-state index contributed by atoms with van der Waals surface area (Å²) in [7, 11) is 0. The lowest BCUT2D eigenvalue weighted by molar-refractivity contribution is 0.253.